The van der Waals surface area contributed by atoms with Crippen molar-refractivity contribution >= 4 is 33.2 Å². The van der Waals surface area contributed by atoms with Gasteiger partial charge in [-0.25, -0.2) is 0 Å². The molecule has 0 aliphatic carbocycles. The van der Waals surface area contributed by atoms with Crippen LogP contribution in [0, 0.1) is 0 Å². The SMILES string of the molecule is CCc1cc(Br)ccc1NCc1c(Cl)cccc1OC. The Labute approximate surface area is 133 Å². The van der Waals surface area contributed by atoms with E-state index in [0.29, 0.717) is 11.6 Å². The zero-order valence-corrected chi connectivity index (χ0v) is 13.9. The summed E-state index contributed by atoms with van der Waals surface area (Å²) < 4.78 is 6.45. The van der Waals surface area contributed by atoms with E-state index in [-0.39, 0.29) is 0 Å². The minimum Gasteiger partial charge on any atom is -0.496 e. The van der Waals surface area contributed by atoms with Crippen molar-refractivity contribution in [3.8, 4) is 5.75 Å². The van der Waals surface area contributed by atoms with Gasteiger partial charge in [0, 0.05) is 27.3 Å². The molecule has 0 atom stereocenters. The van der Waals surface area contributed by atoms with Crippen LogP contribution < -0.4 is 10.1 Å². The molecule has 0 heterocycles. The fraction of sp³-hybridized carbons (Fsp3) is 0.250. The van der Waals surface area contributed by atoms with Crippen LogP contribution in [0.25, 0.3) is 0 Å². The number of anilines is 1. The molecule has 0 aliphatic heterocycles. The minimum atomic E-state index is 0.636. The standard InChI is InChI=1S/C16H17BrClNO/c1-3-11-9-12(17)7-8-15(11)19-10-13-14(18)5-4-6-16(13)20-2/h4-9,19H,3,10H2,1-2H3. The van der Waals surface area contributed by atoms with E-state index in [0.717, 1.165) is 27.9 Å². The second-order valence-electron chi connectivity index (χ2n) is 4.43. The molecule has 0 aliphatic rings. The Morgan fingerprint density at radius 3 is 2.75 bits per heavy atom. The van der Waals surface area contributed by atoms with E-state index in [4.69, 9.17) is 16.3 Å². The fourth-order valence-electron chi connectivity index (χ4n) is 2.11. The van der Waals surface area contributed by atoms with Gasteiger partial charge in [0.25, 0.3) is 0 Å². The first-order valence-electron chi connectivity index (χ1n) is 6.49. The summed E-state index contributed by atoms with van der Waals surface area (Å²) >= 11 is 9.74. The topological polar surface area (TPSA) is 21.3 Å². The van der Waals surface area contributed by atoms with Gasteiger partial charge in [-0.05, 0) is 42.3 Å². The first-order valence-corrected chi connectivity index (χ1v) is 7.66. The lowest BCUT2D eigenvalue weighted by atomic mass is 10.1. The largest absolute Gasteiger partial charge is 0.496 e. The molecule has 0 bridgehead atoms. The molecule has 0 spiro atoms. The van der Waals surface area contributed by atoms with E-state index in [9.17, 15) is 0 Å². The summed E-state index contributed by atoms with van der Waals surface area (Å²) in [5, 5.41) is 4.15. The first-order chi connectivity index (χ1) is 9.65. The minimum absolute atomic E-state index is 0.636. The summed E-state index contributed by atoms with van der Waals surface area (Å²) in [6.45, 7) is 2.78. The maximum atomic E-state index is 6.25. The number of methoxy groups -OCH3 is 1. The average Bonchev–Trinajstić information content (AvgIpc) is 2.46. The van der Waals surface area contributed by atoms with E-state index in [1.165, 1.54) is 5.56 Å². The highest BCUT2D eigenvalue weighted by atomic mass is 79.9. The molecular weight excluding hydrogens is 338 g/mol. The first kappa shape index (κ1) is 15.2. The number of halogens is 2. The third kappa shape index (κ3) is 3.47. The Kier molecular flexibility index (Phi) is 5.32. The second-order valence-corrected chi connectivity index (χ2v) is 5.75. The van der Waals surface area contributed by atoms with Crippen molar-refractivity contribution in [3.05, 3.63) is 57.0 Å². The van der Waals surface area contributed by atoms with Crippen LogP contribution in [0.3, 0.4) is 0 Å². The average molecular weight is 355 g/mol. The fourth-order valence-corrected chi connectivity index (χ4v) is 2.75. The molecule has 4 heteroatoms. The molecule has 0 unspecified atom stereocenters. The molecule has 2 aromatic rings. The highest BCUT2D eigenvalue weighted by Crippen LogP contribution is 2.28. The molecule has 1 N–H and O–H groups in total. The van der Waals surface area contributed by atoms with Crippen molar-refractivity contribution in [1.29, 1.82) is 0 Å². The Bertz CT molecular complexity index is 601. The Morgan fingerprint density at radius 2 is 2.05 bits per heavy atom. The molecule has 0 radical (unpaired) electrons. The number of nitrogens with one attached hydrogen (secondary N) is 1. The van der Waals surface area contributed by atoms with E-state index in [1.54, 1.807) is 7.11 Å². The summed E-state index contributed by atoms with van der Waals surface area (Å²) in [5.41, 5.74) is 3.37. The Hall–Kier alpha value is -1.19. The van der Waals surface area contributed by atoms with Crippen LogP contribution in [0.5, 0.6) is 5.75 Å². The van der Waals surface area contributed by atoms with Crippen LogP contribution in [0.2, 0.25) is 5.02 Å². The maximum Gasteiger partial charge on any atom is 0.125 e. The summed E-state index contributed by atoms with van der Waals surface area (Å²) in [4.78, 5) is 0. The Balaban J connectivity index is 2.21. The van der Waals surface area contributed by atoms with Crippen molar-refractivity contribution in [2.45, 2.75) is 19.9 Å². The van der Waals surface area contributed by atoms with Gasteiger partial charge in [-0.2, -0.15) is 0 Å². The van der Waals surface area contributed by atoms with Gasteiger partial charge in [-0.1, -0.05) is 40.5 Å². The highest BCUT2D eigenvalue weighted by Gasteiger charge is 2.08. The van der Waals surface area contributed by atoms with Crippen LogP contribution in [0.4, 0.5) is 5.69 Å². The normalized spacial score (nSPS) is 10.4. The summed E-state index contributed by atoms with van der Waals surface area (Å²) in [7, 11) is 1.66. The van der Waals surface area contributed by atoms with Crippen LogP contribution in [0.1, 0.15) is 18.1 Å². The molecule has 2 nitrogen and oxygen atoms in total. The van der Waals surface area contributed by atoms with Crippen LogP contribution in [-0.2, 0) is 13.0 Å². The van der Waals surface area contributed by atoms with Gasteiger partial charge in [-0.3, -0.25) is 0 Å². The summed E-state index contributed by atoms with van der Waals surface area (Å²) in [6.07, 6.45) is 0.974. The van der Waals surface area contributed by atoms with E-state index in [1.807, 2.05) is 24.3 Å². The van der Waals surface area contributed by atoms with Gasteiger partial charge >= 0.3 is 0 Å². The molecule has 2 aromatic carbocycles. The van der Waals surface area contributed by atoms with Gasteiger partial charge in [-0.15, -0.1) is 0 Å². The third-order valence-electron chi connectivity index (χ3n) is 3.20. The summed E-state index contributed by atoms with van der Waals surface area (Å²) in [6, 6.07) is 11.9. The smallest absolute Gasteiger partial charge is 0.125 e. The molecule has 0 aromatic heterocycles. The van der Waals surface area contributed by atoms with Crippen molar-refractivity contribution < 1.29 is 4.74 Å². The number of hydrogen-bond donors (Lipinski definition) is 1. The van der Waals surface area contributed by atoms with E-state index in [2.05, 4.69) is 40.3 Å². The van der Waals surface area contributed by atoms with Gasteiger partial charge in [0.15, 0.2) is 0 Å². The van der Waals surface area contributed by atoms with Gasteiger partial charge in [0.05, 0.1) is 7.11 Å². The molecule has 0 saturated heterocycles. The number of rotatable bonds is 5. The zero-order valence-electron chi connectivity index (χ0n) is 11.5. The lowest BCUT2D eigenvalue weighted by Crippen LogP contribution is -2.04. The molecule has 2 rings (SSSR count). The van der Waals surface area contributed by atoms with Crippen LogP contribution in [-0.4, -0.2) is 7.11 Å². The van der Waals surface area contributed by atoms with Gasteiger partial charge < -0.3 is 10.1 Å². The molecule has 20 heavy (non-hydrogen) atoms. The van der Waals surface area contributed by atoms with Crippen LogP contribution in [0.15, 0.2) is 40.9 Å². The molecule has 0 amide bonds. The maximum absolute atomic E-state index is 6.25. The number of aryl methyl sites for hydroxylation is 1. The molecule has 106 valence electrons. The summed E-state index contributed by atoms with van der Waals surface area (Å²) in [5.74, 6) is 0.806. The molecule has 0 saturated carbocycles. The quantitative estimate of drug-likeness (QED) is 0.788. The van der Waals surface area contributed by atoms with Crippen molar-refractivity contribution in [2.75, 3.05) is 12.4 Å². The molecular formula is C16H17BrClNO. The second kappa shape index (κ2) is 7.00. The number of benzene rings is 2. The van der Waals surface area contributed by atoms with E-state index >= 15 is 0 Å². The zero-order chi connectivity index (χ0) is 14.5. The third-order valence-corrected chi connectivity index (χ3v) is 4.05. The van der Waals surface area contributed by atoms with Crippen molar-refractivity contribution in [2.24, 2.45) is 0 Å². The monoisotopic (exact) mass is 353 g/mol. The van der Waals surface area contributed by atoms with Crippen molar-refractivity contribution in [3.63, 3.8) is 0 Å². The van der Waals surface area contributed by atoms with Gasteiger partial charge in [0.1, 0.15) is 5.75 Å². The number of hydrogen-bond acceptors (Lipinski definition) is 2. The highest BCUT2D eigenvalue weighted by molar-refractivity contribution is 9.10. The Morgan fingerprint density at radius 1 is 1.25 bits per heavy atom. The lowest BCUT2D eigenvalue weighted by molar-refractivity contribution is 0.410. The predicted molar refractivity (Wildman–Crippen MR) is 88.9 cm³/mol. The molecule has 0 fully saturated rings. The van der Waals surface area contributed by atoms with Crippen molar-refractivity contribution in [1.82, 2.24) is 0 Å². The predicted octanol–water partition coefficient (Wildman–Crippen LogP) is 5.29. The van der Waals surface area contributed by atoms with Crippen LogP contribution >= 0.6 is 27.5 Å². The van der Waals surface area contributed by atoms with Gasteiger partial charge in [0.2, 0.25) is 0 Å². The lowest BCUT2D eigenvalue weighted by Gasteiger charge is -2.14. The number of ether oxygens (including phenoxy) is 1. The van der Waals surface area contributed by atoms with E-state index < -0.39 is 0 Å².